The Morgan fingerprint density at radius 3 is 2.50 bits per heavy atom. The lowest BCUT2D eigenvalue weighted by atomic mass is 9.93. The molecular weight excluding hydrogens is 256 g/mol. The second-order valence-corrected chi connectivity index (χ2v) is 5.45. The summed E-state index contributed by atoms with van der Waals surface area (Å²) in [7, 11) is 3.51. The van der Waals surface area contributed by atoms with Crippen molar-refractivity contribution in [3.63, 3.8) is 0 Å². The topological polar surface area (TPSA) is 77.0 Å². The van der Waals surface area contributed by atoms with Crippen molar-refractivity contribution in [2.45, 2.75) is 51.2 Å². The van der Waals surface area contributed by atoms with E-state index in [0.29, 0.717) is 19.0 Å². The Balaban J connectivity index is 2.40. The molecule has 6 nitrogen and oxygen atoms in total. The van der Waals surface area contributed by atoms with E-state index in [-0.39, 0.29) is 12.0 Å². The first kappa shape index (κ1) is 16.8. The van der Waals surface area contributed by atoms with Gasteiger partial charge in [0.2, 0.25) is 5.91 Å². The fraction of sp³-hybridized carbons (Fsp3) is 0.857. The number of amides is 1. The van der Waals surface area contributed by atoms with Gasteiger partial charge in [-0.2, -0.15) is 0 Å². The lowest BCUT2D eigenvalue weighted by molar-refractivity contribution is -0.128. The molecule has 20 heavy (non-hydrogen) atoms. The Hall–Kier alpha value is -1.30. The molecule has 0 heterocycles. The summed E-state index contributed by atoms with van der Waals surface area (Å²) in [6, 6.07) is 0.362. The molecule has 1 amide bonds. The summed E-state index contributed by atoms with van der Waals surface area (Å²) >= 11 is 0. The number of nitrogens with zero attached hydrogens (tertiary/aromatic N) is 2. The molecule has 0 aromatic heterocycles. The molecule has 1 fully saturated rings. The molecule has 1 rings (SSSR count). The number of nitrogens with one attached hydrogen (secondary N) is 2. The van der Waals surface area contributed by atoms with Crippen LogP contribution in [0.5, 0.6) is 0 Å². The number of rotatable bonds is 5. The molecule has 0 aromatic carbocycles. The third-order valence-corrected chi connectivity index (χ3v) is 3.48. The Morgan fingerprint density at radius 2 is 1.95 bits per heavy atom. The minimum Gasteiger partial charge on any atom is -0.393 e. The molecule has 0 unspecified atom stereocenters. The van der Waals surface area contributed by atoms with Gasteiger partial charge in [-0.25, -0.2) is 0 Å². The van der Waals surface area contributed by atoms with E-state index in [1.54, 1.807) is 19.0 Å². The average Bonchev–Trinajstić information content (AvgIpc) is 2.41. The number of guanidine groups is 1. The van der Waals surface area contributed by atoms with Crippen LogP contribution in [0, 0.1) is 0 Å². The fourth-order valence-electron chi connectivity index (χ4n) is 2.22. The number of aliphatic hydroxyl groups is 1. The quantitative estimate of drug-likeness (QED) is 0.502. The molecule has 6 heteroatoms. The highest BCUT2D eigenvalue weighted by Gasteiger charge is 2.19. The Labute approximate surface area is 121 Å². The van der Waals surface area contributed by atoms with Crippen LogP contribution in [0.3, 0.4) is 0 Å². The maximum atomic E-state index is 11.5. The first-order chi connectivity index (χ1) is 9.52. The van der Waals surface area contributed by atoms with Crippen molar-refractivity contribution < 1.29 is 9.90 Å². The highest BCUT2D eigenvalue weighted by molar-refractivity contribution is 5.81. The predicted molar refractivity (Wildman–Crippen MR) is 80.7 cm³/mol. The van der Waals surface area contributed by atoms with Crippen LogP contribution in [0.2, 0.25) is 0 Å². The van der Waals surface area contributed by atoms with Crippen LogP contribution in [0.1, 0.15) is 39.0 Å². The summed E-state index contributed by atoms with van der Waals surface area (Å²) in [4.78, 5) is 17.5. The van der Waals surface area contributed by atoms with Crippen LogP contribution in [0.4, 0.5) is 0 Å². The van der Waals surface area contributed by atoms with Gasteiger partial charge in [0.15, 0.2) is 5.96 Å². The number of hydrogen-bond donors (Lipinski definition) is 3. The maximum absolute atomic E-state index is 11.5. The number of aliphatic imine (C=N–C) groups is 1. The Bertz CT molecular complexity index is 323. The minimum absolute atomic E-state index is 0.0883. The zero-order valence-corrected chi connectivity index (χ0v) is 12.9. The lowest BCUT2D eigenvalue weighted by Gasteiger charge is -2.27. The van der Waals surface area contributed by atoms with Crippen molar-refractivity contribution in [3.05, 3.63) is 0 Å². The van der Waals surface area contributed by atoms with Gasteiger partial charge in [0, 0.05) is 33.1 Å². The molecule has 116 valence electrons. The van der Waals surface area contributed by atoms with Crippen LogP contribution in [-0.4, -0.2) is 61.2 Å². The van der Waals surface area contributed by atoms with E-state index >= 15 is 0 Å². The molecule has 3 N–H and O–H groups in total. The van der Waals surface area contributed by atoms with Crippen molar-refractivity contribution in [1.82, 2.24) is 15.5 Å². The zero-order chi connectivity index (χ0) is 15.0. The monoisotopic (exact) mass is 284 g/mol. The smallest absolute Gasteiger partial charge is 0.223 e. The zero-order valence-electron chi connectivity index (χ0n) is 12.9. The summed E-state index contributed by atoms with van der Waals surface area (Å²) in [5, 5.41) is 16.1. The normalized spacial score (nSPS) is 23.3. The van der Waals surface area contributed by atoms with Crippen molar-refractivity contribution in [3.8, 4) is 0 Å². The van der Waals surface area contributed by atoms with Crippen LogP contribution in [0.15, 0.2) is 4.99 Å². The third-order valence-electron chi connectivity index (χ3n) is 3.48. The molecule has 0 atom stereocenters. The van der Waals surface area contributed by atoms with Gasteiger partial charge >= 0.3 is 0 Å². The second-order valence-electron chi connectivity index (χ2n) is 5.45. The molecule has 0 radical (unpaired) electrons. The molecule has 0 saturated heterocycles. The summed E-state index contributed by atoms with van der Waals surface area (Å²) in [6.45, 7) is 3.30. The summed E-state index contributed by atoms with van der Waals surface area (Å²) < 4.78 is 0. The molecule has 0 spiro atoms. The van der Waals surface area contributed by atoms with Crippen LogP contribution >= 0.6 is 0 Å². The molecule has 1 aliphatic rings. The van der Waals surface area contributed by atoms with Gasteiger partial charge in [0.1, 0.15) is 0 Å². The van der Waals surface area contributed by atoms with E-state index in [1.807, 2.05) is 6.92 Å². The van der Waals surface area contributed by atoms with Crippen molar-refractivity contribution in [2.75, 3.05) is 27.2 Å². The Morgan fingerprint density at radius 1 is 1.30 bits per heavy atom. The van der Waals surface area contributed by atoms with Gasteiger partial charge in [-0.05, 0) is 32.6 Å². The number of aliphatic hydroxyl groups excluding tert-OH is 1. The molecule has 1 aliphatic carbocycles. The highest BCUT2D eigenvalue weighted by Crippen LogP contribution is 2.18. The lowest BCUT2D eigenvalue weighted by Crippen LogP contribution is -2.45. The van der Waals surface area contributed by atoms with E-state index in [2.05, 4.69) is 15.6 Å². The van der Waals surface area contributed by atoms with Gasteiger partial charge in [0.25, 0.3) is 0 Å². The molecule has 0 bridgehead atoms. The number of carbonyl (C=O) groups is 1. The van der Waals surface area contributed by atoms with E-state index in [4.69, 9.17) is 0 Å². The van der Waals surface area contributed by atoms with Crippen molar-refractivity contribution >= 4 is 11.9 Å². The van der Waals surface area contributed by atoms with Gasteiger partial charge in [-0.15, -0.1) is 0 Å². The summed E-state index contributed by atoms with van der Waals surface area (Å²) in [5.41, 5.74) is 0. The Kier molecular flexibility index (Phi) is 7.36. The van der Waals surface area contributed by atoms with Crippen molar-refractivity contribution in [2.24, 2.45) is 4.99 Å². The van der Waals surface area contributed by atoms with E-state index in [9.17, 15) is 9.90 Å². The van der Waals surface area contributed by atoms with Crippen LogP contribution in [0.25, 0.3) is 0 Å². The average molecular weight is 284 g/mol. The number of hydrogen-bond acceptors (Lipinski definition) is 3. The largest absolute Gasteiger partial charge is 0.393 e. The minimum atomic E-state index is -0.148. The molecule has 0 aliphatic heterocycles. The predicted octanol–water partition coefficient (Wildman–Crippen LogP) is 0.323. The summed E-state index contributed by atoms with van der Waals surface area (Å²) in [6.07, 6.45) is 3.88. The fourth-order valence-corrected chi connectivity index (χ4v) is 2.22. The van der Waals surface area contributed by atoms with Crippen LogP contribution < -0.4 is 10.6 Å². The van der Waals surface area contributed by atoms with Gasteiger partial charge in [0.05, 0.1) is 12.6 Å². The van der Waals surface area contributed by atoms with E-state index in [1.165, 1.54) is 0 Å². The van der Waals surface area contributed by atoms with E-state index in [0.717, 1.165) is 38.2 Å². The third kappa shape index (κ3) is 6.23. The summed E-state index contributed by atoms with van der Waals surface area (Å²) in [5.74, 6) is 0.853. The standard InChI is InChI=1S/C14H28N4O2/c1-4-15-14(16-10-9-13(20)18(2)3)17-11-5-7-12(19)8-6-11/h11-12,19H,4-10H2,1-3H3,(H2,15,16,17). The van der Waals surface area contributed by atoms with Crippen LogP contribution in [-0.2, 0) is 4.79 Å². The molecule has 0 aromatic rings. The first-order valence-electron chi connectivity index (χ1n) is 7.46. The first-order valence-corrected chi connectivity index (χ1v) is 7.46. The molecule has 1 saturated carbocycles. The maximum Gasteiger partial charge on any atom is 0.223 e. The molecular formula is C14H28N4O2. The van der Waals surface area contributed by atoms with Crippen molar-refractivity contribution in [1.29, 1.82) is 0 Å². The van der Waals surface area contributed by atoms with E-state index < -0.39 is 0 Å². The van der Waals surface area contributed by atoms with Gasteiger partial charge < -0.3 is 20.6 Å². The van der Waals surface area contributed by atoms with Gasteiger partial charge in [-0.1, -0.05) is 0 Å². The highest BCUT2D eigenvalue weighted by atomic mass is 16.3. The number of carbonyl (C=O) groups excluding carboxylic acids is 1. The SMILES string of the molecule is CCNC(=NCCC(=O)N(C)C)NC1CCC(O)CC1. The van der Waals surface area contributed by atoms with Gasteiger partial charge in [-0.3, -0.25) is 9.79 Å². The second kappa shape index (κ2) is 8.79.